The van der Waals surface area contributed by atoms with Crippen LogP contribution in [0.25, 0.3) is 0 Å². The molecule has 0 aromatic heterocycles. The molecule has 1 aliphatic heterocycles. The van der Waals surface area contributed by atoms with E-state index in [4.69, 9.17) is 56.7 Å². The summed E-state index contributed by atoms with van der Waals surface area (Å²) in [6.07, 6.45) is 0. The molecular weight excluding hydrogens is 324 g/mol. The van der Waals surface area contributed by atoms with Gasteiger partial charge in [-0.1, -0.05) is 0 Å². The number of hydrogen-bond donors (Lipinski definition) is 1. The quantitative estimate of drug-likeness (QED) is 0.482. The predicted octanol–water partition coefficient (Wildman–Crippen LogP) is 5.30. The van der Waals surface area contributed by atoms with Gasteiger partial charge in [0.2, 0.25) is 0 Å². The summed E-state index contributed by atoms with van der Waals surface area (Å²) in [5, 5.41) is 0. The molecule has 0 saturated carbocycles. The molecule has 12 heavy (non-hydrogen) atoms. The zero-order valence-corrected chi connectivity index (χ0v) is 12.2. The van der Waals surface area contributed by atoms with Crippen LogP contribution >= 0.6 is 77.1 Å². The molecular formula is CH5Cl5N3P3. The van der Waals surface area contributed by atoms with Crippen LogP contribution in [0.1, 0.15) is 0 Å². The van der Waals surface area contributed by atoms with E-state index in [-0.39, 0.29) is 8.88 Å². The summed E-state index contributed by atoms with van der Waals surface area (Å²) in [6.45, 7) is 1.59. The second-order valence-electron chi connectivity index (χ2n) is 2.27. The minimum atomic E-state index is -3.30. The summed E-state index contributed by atoms with van der Waals surface area (Å²) in [6, 6.07) is 0. The molecule has 0 aliphatic carbocycles. The molecule has 1 heterocycles. The van der Waals surface area contributed by atoms with Gasteiger partial charge < -0.3 is 0 Å². The molecule has 0 spiro atoms. The van der Waals surface area contributed by atoms with Gasteiger partial charge in [-0.2, -0.15) is 0 Å². The van der Waals surface area contributed by atoms with Crippen LogP contribution in [0.3, 0.4) is 0 Å². The van der Waals surface area contributed by atoms with Gasteiger partial charge in [-0.05, 0) is 0 Å². The fraction of sp³-hybridized carbons (Fsp3) is 1.00. The van der Waals surface area contributed by atoms with Gasteiger partial charge in [-0.25, -0.2) is 0 Å². The van der Waals surface area contributed by atoms with E-state index in [1.807, 2.05) is 0 Å². The van der Waals surface area contributed by atoms with Crippen molar-refractivity contribution in [3.63, 3.8) is 0 Å². The first kappa shape index (κ1) is 12.5. The van der Waals surface area contributed by atoms with Crippen LogP contribution in [0.15, 0.2) is 4.52 Å². The molecule has 0 saturated heterocycles. The Morgan fingerprint density at radius 3 is 2.33 bits per heavy atom. The number of rotatable bonds is 0. The van der Waals surface area contributed by atoms with Crippen LogP contribution in [0, 0.1) is 0 Å². The van der Waals surface area contributed by atoms with Crippen molar-refractivity contribution in [1.82, 2.24) is 8.82 Å². The third kappa shape index (κ3) is 2.52. The van der Waals surface area contributed by atoms with Crippen molar-refractivity contribution in [2.45, 2.75) is 0 Å². The van der Waals surface area contributed by atoms with E-state index in [1.165, 1.54) is 0 Å². The first-order valence-corrected chi connectivity index (χ1v) is 11.8. The van der Waals surface area contributed by atoms with Crippen molar-refractivity contribution < 1.29 is 0 Å². The third-order valence-corrected chi connectivity index (χ3v) is 16.7. The van der Waals surface area contributed by atoms with Gasteiger partial charge in [0.15, 0.2) is 0 Å². The van der Waals surface area contributed by atoms with Crippen molar-refractivity contribution in [1.29, 1.82) is 0 Å². The molecule has 1 unspecified atom stereocenters. The van der Waals surface area contributed by atoms with E-state index in [0.717, 1.165) is 3.96 Å². The van der Waals surface area contributed by atoms with E-state index < -0.39 is 11.5 Å². The Labute approximate surface area is 96.7 Å². The Bertz CT molecular complexity index is 250. The second-order valence-corrected chi connectivity index (χ2v) is 18.3. The van der Waals surface area contributed by atoms with Crippen molar-refractivity contribution in [3.8, 4) is 0 Å². The number of halogens is 5. The Morgan fingerprint density at radius 2 is 2.00 bits per heavy atom. The number of hydrogen-bond acceptors (Lipinski definition) is 3. The number of nitrogens with zero attached hydrogens (tertiary/aromatic N) is 2. The normalized spacial score (nSPS) is 38.0. The zero-order valence-electron chi connectivity index (χ0n) is 5.68. The molecule has 0 aromatic carbocycles. The standard InChI is InChI=1S/CH5Cl5N3P3/c1-12(5,6)8-10-7-11(3,4)9(12)2/h8,10H,1H3. The molecule has 11 heteroatoms. The summed E-state index contributed by atoms with van der Waals surface area (Å²) < 4.78 is 4.94. The monoisotopic (exact) mass is 327 g/mol. The van der Waals surface area contributed by atoms with E-state index in [2.05, 4.69) is 9.37 Å². The zero-order chi connectivity index (χ0) is 9.65. The van der Waals surface area contributed by atoms with Crippen LogP contribution in [0.2, 0.25) is 0 Å². The van der Waals surface area contributed by atoms with Gasteiger partial charge in [0, 0.05) is 0 Å². The van der Waals surface area contributed by atoms with Crippen molar-refractivity contribution >= 4 is 77.1 Å². The fourth-order valence-electron chi connectivity index (χ4n) is 0.514. The molecule has 3 nitrogen and oxygen atoms in total. The second kappa shape index (κ2) is 3.49. The Morgan fingerprint density at radius 1 is 1.50 bits per heavy atom. The topological polar surface area (TPSA) is 27.6 Å². The van der Waals surface area contributed by atoms with E-state index >= 15 is 0 Å². The van der Waals surface area contributed by atoms with Gasteiger partial charge >= 0.3 is 97.1 Å². The average Bonchev–Trinajstić information content (AvgIpc) is 1.81. The molecule has 0 aromatic rings. The van der Waals surface area contributed by atoms with Gasteiger partial charge in [0.25, 0.3) is 0 Å². The summed E-state index contributed by atoms with van der Waals surface area (Å²) in [4.78, 5) is 2.82. The molecule has 1 N–H and O–H groups in total. The van der Waals surface area contributed by atoms with Crippen molar-refractivity contribution in [2.75, 3.05) is 6.66 Å². The first-order chi connectivity index (χ1) is 5.14. The van der Waals surface area contributed by atoms with Crippen LogP contribution in [-0.2, 0) is 0 Å². The molecule has 1 atom stereocenters. The summed E-state index contributed by atoms with van der Waals surface area (Å²) >= 11 is 29.6. The Balaban J connectivity index is 3.13. The molecule has 0 bridgehead atoms. The molecule has 74 valence electrons. The molecule has 1 rings (SSSR count). The third-order valence-electron chi connectivity index (χ3n) is 1.04. The summed E-state index contributed by atoms with van der Waals surface area (Å²) in [5.74, 6) is -2.70. The maximum absolute atomic E-state index is 6.05. The predicted molar refractivity (Wildman–Crippen MR) is 64.7 cm³/mol. The van der Waals surface area contributed by atoms with E-state index in [1.54, 1.807) is 6.66 Å². The van der Waals surface area contributed by atoms with E-state index in [0.29, 0.717) is 0 Å². The van der Waals surface area contributed by atoms with Crippen molar-refractivity contribution in [3.05, 3.63) is 0 Å². The minimum absolute atomic E-state index is 0.00997. The van der Waals surface area contributed by atoms with Gasteiger partial charge in [0.05, 0.1) is 0 Å². The first-order valence-electron chi connectivity index (χ1n) is 2.59. The Kier molecular flexibility index (Phi) is 3.65. The molecule has 0 radical (unpaired) electrons. The van der Waals surface area contributed by atoms with Gasteiger partial charge in [-0.3, -0.25) is 0 Å². The molecule has 1 aliphatic rings. The molecule has 0 amide bonds. The number of nitrogens with one attached hydrogen (secondary N) is 1. The summed E-state index contributed by atoms with van der Waals surface area (Å²) in [5.41, 5.74) is -3.30. The molecule has 0 fully saturated rings. The summed E-state index contributed by atoms with van der Waals surface area (Å²) in [7, 11) is -0.00997. The van der Waals surface area contributed by atoms with Crippen molar-refractivity contribution in [2.24, 2.45) is 4.52 Å². The van der Waals surface area contributed by atoms with Gasteiger partial charge in [0.1, 0.15) is 0 Å². The average molecular weight is 329 g/mol. The van der Waals surface area contributed by atoms with Crippen LogP contribution in [0.5, 0.6) is 0 Å². The van der Waals surface area contributed by atoms with Crippen LogP contribution < -0.4 is 4.86 Å². The van der Waals surface area contributed by atoms with Crippen LogP contribution in [0.4, 0.5) is 0 Å². The maximum atomic E-state index is 6.05. The van der Waals surface area contributed by atoms with Gasteiger partial charge in [-0.15, -0.1) is 0 Å². The van der Waals surface area contributed by atoms with Crippen LogP contribution in [-0.4, -0.2) is 10.6 Å². The fourth-order valence-corrected chi connectivity index (χ4v) is 13.8. The Hall–Kier alpha value is 2.46. The SMILES string of the molecule is CP1(Cl)(Cl)NPN=P(Cl)(Cl)N1Cl. The van der Waals surface area contributed by atoms with E-state index in [9.17, 15) is 0 Å².